The second kappa shape index (κ2) is 10.0. The quantitative estimate of drug-likeness (QED) is 0.652. The molecule has 4 N–H and O–H groups in total. The summed E-state index contributed by atoms with van der Waals surface area (Å²) in [4.78, 5) is 23.7. The Hall–Kier alpha value is -1.88. The van der Waals surface area contributed by atoms with Gasteiger partial charge >= 0.3 is 0 Å². The van der Waals surface area contributed by atoms with Crippen molar-refractivity contribution in [3.8, 4) is 0 Å². The van der Waals surface area contributed by atoms with Crippen molar-refractivity contribution in [2.24, 2.45) is 5.73 Å². The molecule has 0 aliphatic carbocycles. The molecule has 2 amide bonds. The molecule has 1 aromatic rings. The fourth-order valence-corrected chi connectivity index (χ4v) is 2.47. The minimum Gasteiger partial charge on any atom is -0.352 e. The van der Waals surface area contributed by atoms with Gasteiger partial charge in [0, 0.05) is 19.5 Å². The van der Waals surface area contributed by atoms with Crippen LogP contribution in [0, 0.1) is 6.92 Å². The molecule has 1 rings (SSSR count). The smallest absolute Gasteiger partial charge is 0.222 e. The lowest BCUT2D eigenvalue weighted by atomic mass is 10.0. The van der Waals surface area contributed by atoms with Crippen molar-refractivity contribution >= 4 is 11.8 Å². The first-order valence-electron chi connectivity index (χ1n) is 8.29. The van der Waals surface area contributed by atoms with Crippen molar-refractivity contribution in [2.75, 3.05) is 6.54 Å². The van der Waals surface area contributed by atoms with Gasteiger partial charge in [-0.2, -0.15) is 0 Å². The van der Waals surface area contributed by atoms with E-state index in [2.05, 4.69) is 17.6 Å². The summed E-state index contributed by atoms with van der Waals surface area (Å²) in [5, 5.41) is 5.82. The van der Waals surface area contributed by atoms with Gasteiger partial charge in [0.15, 0.2) is 0 Å². The monoisotopic (exact) mass is 319 g/mol. The van der Waals surface area contributed by atoms with Gasteiger partial charge in [0.05, 0.1) is 12.5 Å². The molecule has 2 atom stereocenters. The first-order valence-corrected chi connectivity index (χ1v) is 8.29. The third-order valence-electron chi connectivity index (χ3n) is 3.80. The van der Waals surface area contributed by atoms with Gasteiger partial charge in [-0.25, -0.2) is 0 Å². The van der Waals surface area contributed by atoms with E-state index in [0.717, 1.165) is 30.4 Å². The SMILES string of the molecule is CCCCC(CN)NC(=O)CC(NC(C)=O)c1ccc(C)cc1. The number of amides is 2. The lowest BCUT2D eigenvalue weighted by Crippen LogP contribution is -2.42. The van der Waals surface area contributed by atoms with Crippen molar-refractivity contribution in [3.05, 3.63) is 35.4 Å². The minimum absolute atomic E-state index is 0.00144. The summed E-state index contributed by atoms with van der Waals surface area (Å²) in [6, 6.07) is 7.52. The van der Waals surface area contributed by atoms with Crippen molar-refractivity contribution in [2.45, 2.75) is 58.5 Å². The van der Waals surface area contributed by atoms with Crippen LogP contribution in [0.25, 0.3) is 0 Å². The van der Waals surface area contributed by atoms with E-state index in [-0.39, 0.29) is 30.3 Å². The van der Waals surface area contributed by atoms with Crippen molar-refractivity contribution < 1.29 is 9.59 Å². The molecule has 0 heterocycles. The number of carbonyl (C=O) groups excluding carboxylic acids is 2. The van der Waals surface area contributed by atoms with Gasteiger partial charge in [-0.05, 0) is 18.9 Å². The number of unbranched alkanes of at least 4 members (excludes halogenated alkanes) is 1. The molecule has 128 valence electrons. The van der Waals surface area contributed by atoms with Crippen LogP contribution in [0.2, 0.25) is 0 Å². The fourth-order valence-electron chi connectivity index (χ4n) is 2.47. The molecule has 0 aliphatic rings. The zero-order valence-corrected chi connectivity index (χ0v) is 14.4. The van der Waals surface area contributed by atoms with E-state index in [0.29, 0.717) is 6.54 Å². The zero-order chi connectivity index (χ0) is 17.2. The Morgan fingerprint density at radius 3 is 2.35 bits per heavy atom. The minimum atomic E-state index is -0.322. The third-order valence-corrected chi connectivity index (χ3v) is 3.80. The molecule has 0 aliphatic heterocycles. The van der Waals surface area contributed by atoms with Crippen LogP contribution in [0.1, 0.15) is 56.7 Å². The maximum Gasteiger partial charge on any atom is 0.222 e. The highest BCUT2D eigenvalue weighted by Crippen LogP contribution is 2.18. The molecule has 0 radical (unpaired) electrons. The van der Waals surface area contributed by atoms with Crippen LogP contribution in [-0.4, -0.2) is 24.4 Å². The third kappa shape index (κ3) is 7.28. The Morgan fingerprint density at radius 2 is 1.83 bits per heavy atom. The maximum absolute atomic E-state index is 12.3. The zero-order valence-electron chi connectivity index (χ0n) is 14.4. The predicted octanol–water partition coefficient (Wildman–Crippen LogP) is 2.20. The Balaban J connectivity index is 2.70. The van der Waals surface area contributed by atoms with Crippen molar-refractivity contribution in [1.82, 2.24) is 10.6 Å². The maximum atomic E-state index is 12.3. The summed E-state index contributed by atoms with van der Waals surface area (Å²) in [5.41, 5.74) is 7.79. The molecule has 0 bridgehead atoms. The average molecular weight is 319 g/mol. The molecule has 0 fully saturated rings. The highest BCUT2D eigenvalue weighted by atomic mass is 16.2. The molecule has 0 aromatic heterocycles. The standard InChI is InChI=1S/C18H29N3O2/c1-4-5-6-16(12-19)21-18(23)11-17(20-14(3)22)15-9-7-13(2)8-10-15/h7-10,16-17H,4-6,11-12,19H2,1-3H3,(H,20,22)(H,21,23). The Bertz CT molecular complexity index is 499. The number of hydrogen-bond acceptors (Lipinski definition) is 3. The van der Waals surface area contributed by atoms with E-state index in [4.69, 9.17) is 5.73 Å². The molecule has 5 nitrogen and oxygen atoms in total. The topological polar surface area (TPSA) is 84.2 Å². The van der Waals surface area contributed by atoms with E-state index >= 15 is 0 Å². The highest BCUT2D eigenvalue weighted by Gasteiger charge is 2.19. The lowest BCUT2D eigenvalue weighted by Gasteiger charge is -2.21. The molecule has 5 heteroatoms. The first kappa shape index (κ1) is 19.2. The van der Waals surface area contributed by atoms with Gasteiger partial charge in [-0.15, -0.1) is 0 Å². The van der Waals surface area contributed by atoms with Crippen LogP contribution < -0.4 is 16.4 Å². The number of rotatable bonds is 9. The van der Waals surface area contributed by atoms with E-state index in [1.807, 2.05) is 31.2 Å². The lowest BCUT2D eigenvalue weighted by molar-refractivity contribution is -0.123. The highest BCUT2D eigenvalue weighted by molar-refractivity contribution is 5.79. The largest absolute Gasteiger partial charge is 0.352 e. The Morgan fingerprint density at radius 1 is 1.17 bits per heavy atom. The fraction of sp³-hybridized carbons (Fsp3) is 0.556. The summed E-state index contributed by atoms with van der Waals surface area (Å²) < 4.78 is 0. The molecule has 0 spiro atoms. The van der Waals surface area contributed by atoms with E-state index in [1.165, 1.54) is 6.92 Å². The van der Waals surface area contributed by atoms with Crippen molar-refractivity contribution in [1.29, 1.82) is 0 Å². The van der Waals surface area contributed by atoms with Crippen LogP contribution in [0.3, 0.4) is 0 Å². The summed E-state index contributed by atoms with van der Waals surface area (Å²) >= 11 is 0. The van der Waals surface area contributed by atoms with Gasteiger partial charge < -0.3 is 16.4 Å². The molecule has 0 saturated heterocycles. The number of benzene rings is 1. The van der Waals surface area contributed by atoms with Gasteiger partial charge in [0.2, 0.25) is 11.8 Å². The first-order chi connectivity index (χ1) is 11.0. The van der Waals surface area contributed by atoms with Crippen LogP contribution in [0.15, 0.2) is 24.3 Å². The van der Waals surface area contributed by atoms with E-state index in [1.54, 1.807) is 0 Å². The van der Waals surface area contributed by atoms with Gasteiger partial charge in [-0.3, -0.25) is 9.59 Å². The molecule has 2 unspecified atom stereocenters. The van der Waals surface area contributed by atoms with Crippen LogP contribution in [0.4, 0.5) is 0 Å². The van der Waals surface area contributed by atoms with Crippen molar-refractivity contribution in [3.63, 3.8) is 0 Å². The number of nitrogens with two attached hydrogens (primary N) is 1. The molecule has 1 aromatic carbocycles. The predicted molar refractivity (Wildman–Crippen MR) is 92.9 cm³/mol. The van der Waals surface area contributed by atoms with E-state index in [9.17, 15) is 9.59 Å². The number of nitrogens with one attached hydrogen (secondary N) is 2. The summed E-state index contributed by atoms with van der Waals surface area (Å²) in [6.45, 7) is 6.01. The summed E-state index contributed by atoms with van der Waals surface area (Å²) in [5.74, 6) is -0.236. The second-order valence-electron chi connectivity index (χ2n) is 6.01. The molecular formula is C18H29N3O2. The van der Waals surface area contributed by atoms with Gasteiger partial charge in [0.1, 0.15) is 0 Å². The van der Waals surface area contributed by atoms with Crippen LogP contribution >= 0.6 is 0 Å². The molecular weight excluding hydrogens is 290 g/mol. The number of carbonyl (C=O) groups is 2. The summed E-state index contributed by atoms with van der Waals surface area (Å²) in [7, 11) is 0. The molecule has 0 saturated carbocycles. The van der Waals surface area contributed by atoms with Crippen LogP contribution in [-0.2, 0) is 9.59 Å². The van der Waals surface area contributed by atoms with Gasteiger partial charge in [-0.1, -0.05) is 49.6 Å². The normalized spacial score (nSPS) is 13.2. The molecule has 23 heavy (non-hydrogen) atoms. The Labute approximate surface area is 139 Å². The van der Waals surface area contributed by atoms with Crippen LogP contribution in [0.5, 0.6) is 0 Å². The van der Waals surface area contributed by atoms with Gasteiger partial charge in [0.25, 0.3) is 0 Å². The number of aryl methyl sites for hydroxylation is 1. The summed E-state index contributed by atoms with van der Waals surface area (Å²) in [6.07, 6.45) is 3.21. The second-order valence-corrected chi connectivity index (χ2v) is 6.01. The Kier molecular flexibility index (Phi) is 8.33. The van der Waals surface area contributed by atoms with E-state index < -0.39 is 0 Å². The average Bonchev–Trinajstić information content (AvgIpc) is 2.51. The number of hydrogen-bond donors (Lipinski definition) is 3.